The van der Waals surface area contributed by atoms with Gasteiger partial charge in [0.25, 0.3) is 0 Å². The second-order valence-corrected chi connectivity index (χ2v) is 7.26. The maximum Gasteiger partial charge on any atom is 0.387 e. The minimum absolute atomic E-state index is 0.0319. The van der Waals surface area contributed by atoms with E-state index in [0.29, 0.717) is 13.0 Å². The fourth-order valence-electron chi connectivity index (χ4n) is 3.53. The number of carbonyl (C=O) groups excluding carboxylic acids is 1. The summed E-state index contributed by atoms with van der Waals surface area (Å²) in [6.45, 7) is -2.13. The standard InChI is InChI=1S/C25H26F2N2O2/c1-29(24(20-8-4-2-5-9-20)21-10-6-3-7-11-21)18-23(30)28-17-16-19-12-14-22(15-13-19)31-25(26)27/h2-15,24-25H,16-18H2,1H3,(H,28,30). The smallest absolute Gasteiger partial charge is 0.387 e. The van der Waals surface area contributed by atoms with Gasteiger partial charge in [0.05, 0.1) is 12.6 Å². The molecule has 0 saturated heterocycles. The molecule has 0 atom stereocenters. The number of amides is 1. The van der Waals surface area contributed by atoms with Crippen molar-refractivity contribution in [2.75, 3.05) is 20.1 Å². The van der Waals surface area contributed by atoms with E-state index in [2.05, 4.69) is 34.3 Å². The van der Waals surface area contributed by atoms with Crippen LogP contribution in [-0.4, -0.2) is 37.6 Å². The third-order valence-electron chi connectivity index (χ3n) is 4.95. The van der Waals surface area contributed by atoms with Crippen LogP contribution in [0.5, 0.6) is 5.75 Å². The molecule has 0 saturated carbocycles. The Morgan fingerprint density at radius 2 is 1.45 bits per heavy atom. The first-order chi connectivity index (χ1) is 15.0. The van der Waals surface area contributed by atoms with Crippen molar-refractivity contribution < 1.29 is 18.3 Å². The fourth-order valence-corrected chi connectivity index (χ4v) is 3.53. The molecule has 0 radical (unpaired) electrons. The molecule has 0 bridgehead atoms. The lowest BCUT2D eigenvalue weighted by Crippen LogP contribution is -2.38. The molecule has 0 aliphatic rings. The molecular formula is C25H26F2N2O2. The van der Waals surface area contributed by atoms with Gasteiger partial charge < -0.3 is 10.1 Å². The monoisotopic (exact) mass is 424 g/mol. The zero-order valence-corrected chi connectivity index (χ0v) is 17.4. The van der Waals surface area contributed by atoms with Gasteiger partial charge in [-0.3, -0.25) is 9.69 Å². The molecule has 162 valence electrons. The Labute approximate surface area is 181 Å². The summed E-state index contributed by atoms with van der Waals surface area (Å²) >= 11 is 0. The number of halogens is 2. The number of rotatable bonds is 10. The predicted octanol–water partition coefficient (Wildman–Crippen LogP) is 4.67. The predicted molar refractivity (Wildman–Crippen MR) is 117 cm³/mol. The van der Waals surface area contributed by atoms with Crippen LogP contribution in [0.1, 0.15) is 22.7 Å². The van der Waals surface area contributed by atoms with E-state index < -0.39 is 6.61 Å². The molecule has 0 aliphatic heterocycles. The molecule has 3 rings (SSSR count). The summed E-state index contributed by atoms with van der Waals surface area (Å²) in [4.78, 5) is 14.6. The van der Waals surface area contributed by atoms with Gasteiger partial charge in [0.2, 0.25) is 5.91 Å². The Morgan fingerprint density at radius 3 is 1.97 bits per heavy atom. The Morgan fingerprint density at radius 1 is 0.903 bits per heavy atom. The highest BCUT2D eigenvalue weighted by molar-refractivity contribution is 5.78. The highest BCUT2D eigenvalue weighted by Crippen LogP contribution is 2.27. The van der Waals surface area contributed by atoms with E-state index in [-0.39, 0.29) is 24.2 Å². The number of nitrogens with one attached hydrogen (secondary N) is 1. The van der Waals surface area contributed by atoms with Gasteiger partial charge in [-0.05, 0) is 42.3 Å². The second kappa shape index (κ2) is 11.2. The molecule has 0 fully saturated rings. The second-order valence-electron chi connectivity index (χ2n) is 7.26. The van der Waals surface area contributed by atoms with Crippen molar-refractivity contribution in [3.8, 4) is 5.75 Å². The van der Waals surface area contributed by atoms with Crippen molar-refractivity contribution in [3.05, 3.63) is 102 Å². The molecule has 3 aromatic rings. The van der Waals surface area contributed by atoms with E-state index in [1.165, 1.54) is 12.1 Å². The van der Waals surface area contributed by atoms with Crippen molar-refractivity contribution in [3.63, 3.8) is 0 Å². The first-order valence-corrected chi connectivity index (χ1v) is 10.1. The van der Waals surface area contributed by atoms with Gasteiger partial charge >= 0.3 is 6.61 Å². The first kappa shape index (κ1) is 22.4. The number of hydrogen-bond acceptors (Lipinski definition) is 3. The number of benzene rings is 3. The largest absolute Gasteiger partial charge is 0.435 e. The molecule has 1 amide bonds. The lowest BCUT2D eigenvalue weighted by Gasteiger charge is -2.28. The third kappa shape index (κ3) is 6.89. The topological polar surface area (TPSA) is 41.6 Å². The van der Waals surface area contributed by atoms with Crippen LogP contribution in [0.4, 0.5) is 8.78 Å². The summed E-state index contributed by atoms with van der Waals surface area (Å²) in [6.07, 6.45) is 0.602. The van der Waals surface area contributed by atoms with Crippen molar-refractivity contribution in [2.24, 2.45) is 0 Å². The van der Waals surface area contributed by atoms with Gasteiger partial charge in [0.1, 0.15) is 5.75 Å². The van der Waals surface area contributed by atoms with Crippen LogP contribution in [-0.2, 0) is 11.2 Å². The SMILES string of the molecule is CN(CC(=O)NCCc1ccc(OC(F)F)cc1)C(c1ccccc1)c1ccccc1. The van der Waals surface area contributed by atoms with E-state index in [0.717, 1.165) is 16.7 Å². The Bertz CT molecular complexity index is 895. The van der Waals surface area contributed by atoms with Gasteiger partial charge in [-0.2, -0.15) is 8.78 Å². The fraction of sp³-hybridized carbons (Fsp3) is 0.240. The summed E-state index contributed by atoms with van der Waals surface area (Å²) in [7, 11) is 1.94. The van der Waals surface area contributed by atoms with Crippen molar-refractivity contribution in [1.82, 2.24) is 10.2 Å². The summed E-state index contributed by atoms with van der Waals surface area (Å²) in [6, 6.07) is 26.6. The maximum absolute atomic E-state index is 12.5. The summed E-state index contributed by atoms with van der Waals surface area (Å²) in [5.74, 6) is 0.0503. The molecule has 6 heteroatoms. The van der Waals surface area contributed by atoms with Gasteiger partial charge in [-0.1, -0.05) is 72.8 Å². The number of carbonyl (C=O) groups is 1. The van der Waals surface area contributed by atoms with Crippen LogP contribution in [0.25, 0.3) is 0 Å². The van der Waals surface area contributed by atoms with Gasteiger partial charge in [-0.25, -0.2) is 0 Å². The van der Waals surface area contributed by atoms with E-state index in [4.69, 9.17) is 0 Å². The Balaban J connectivity index is 1.55. The van der Waals surface area contributed by atoms with E-state index in [9.17, 15) is 13.6 Å². The number of ether oxygens (including phenoxy) is 1. The lowest BCUT2D eigenvalue weighted by atomic mass is 9.97. The lowest BCUT2D eigenvalue weighted by molar-refractivity contribution is -0.122. The quantitative estimate of drug-likeness (QED) is 0.514. The van der Waals surface area contributed by atoms with Crippen LogP contribution in [0.15, 0.2) is 84.9 Å². The number of likely N-dealkylation sites (N-methyl/N-ethyl adjacent to an activating group) is 1. The maximum atomic E-state index is 12.5. The molecule has 0 heterocycles. The first-order valence-electron chi connectivity index (χ1n) is 10.1. The minimum Gasteiger partial charge on any atom is -0.435 e. The van der Waals surface area contributed by atoms with Crippen LogP contribution in [0.2, 0.25) is 0 Å². The zero-order valence-electron chi connectivity index (χ0n) is 17.4. The summed E-state index contributed by atoms with van der Waals surface area (Å²) < 4.78 is 28.8. The van der Waals surface area contributed by atoms with Gasteiger partial charge in [0, 0.05) is 6.54 Å². The van der Waals surface area contributed by atoms with E-state index in [1.807, 2.05) is 48.3 Å². The highest BCUT2D eigenvalue weighted by atomic mass is 19.3. The molecule has 0 aliphatic carbocycles. The summed E-state index contributed by atoms with van der Waals surface area (Å²) in [5.41, 5.74) is 3.17. The van der Waals surface area contributed by atoms with Crippen molar-refractivity contribution >= 4 is 5.91 Å². The molecular weight excluding hydrogens is 398 g/mol. The van der Waals surface area contributed by atoms with Crippen LogP contribution in [0.3, 0.4) is 0 Å². The normalized spacial score (nSPS) is 11.2. The molecule has 0 unspecified atom stereocenters. The molecule has 0 aromatic heterocycles. The van der Waals surface area contributed by atoms with E-state index in [1.54, 1.807) is 12.1 Å². The average Bonchev–Trinajstić information content (AvgIpc) is 2.76. The molecule has 1 N–H and O–H groups in total. The Kier molecular flexibility index (Phi) is 8.12. The van der Waals surface area contributed by atoms with Crippen LogP contribution >= 0.6 is 0 Å². The number of nitrogens with zero attached hydrogens (tertiary/aromatic N) is 1. The number of hydrogen-bond donors (Lipinski definition) is 1. The molecule has 4 nitrogen and oxygen atoms in total. The van der Waals surface area contributed by atoms with Crippen molar-refractivity contribution in [2.45, 2.75) is 19.1 Å². The molecule has 3 aromatic carbocycles. The van der Waals surface area contributed by atoms with Gasteiger partial charge in [0.15, 0.2) is 0 Å². The number of alkyl halides is 2. The zero-order chi connectivity index (χ0) is 22.1. The van der Waals surface area contributed by atoms with Crippen LogP contribution in [0, 0.1) is 0 Å². The highest BCUT2D eigenvalue weighted by Gasteiger charge is 2.20. The molecule has 0 spiro atoms. The van der Waals surface area contributed by atoms with E-state index >= 15 is 0 Å². The van der Waals surface area contributed by atoms with Crippen molar-refractivity contribution in [1.29, 1.82) is 0 Å². The average molecular weight is 424 g/mol. The van der Waals surface area contributed by atoms with Gasteiger partial charge in [-0.15, -0.1) is 0 Å². The Hall–Kier alpha value is -3.25. The van der Waals surface area contributed by atoms with Crippen LogP contribution < -0.4 is 10.1 Å². The summed E-state index contributed by atoms with van der Waals surface area (Å²) in [5, 5.41) is 2.93. The minimum atomic E-state index is -2.84. The molecule has 31 heavy (non-hydrogen) atoms. The third-order valence-corrected chi connectivity index (χ3v) is 4.95.